The molecule has 0 unspecified atom stereocenters. The standard InChI is InChI=1S/C10H19N5O.ClH/c1-3-10(7-11-4-1)8-16-6-2-5-15-9-12-13-14-15;/h9-11H,1-8H2;1H/t10-;/m0./s1. The predicted molar refractivity (Wildman–Crippen MR) is 66.1 cm³/mol. The minimum atomic E-state index is 0. The summed E-state index contributed by atoms with van der Waals surface area (Å²) in [5, 5.41) is 14.3. The van der Waals surface area contributed by atoms with Crippen molar-refractivity contribution in [3.05, 3.63) is 6.33 Å². The molecule has 0 amide bonds. The van der Waals surface area contributed by atoms with Crippen LogP contribution in [0.1, 0.15) is 19.3 Å². The number of aromatic nitrogens is 4. The van der Waals surface area contributed by atoms with Crippen molar-refractivity contribution >= 4 is 12.4 Å². The minimum absolute atomic E-state index is 0. The number of rotatable bonds is 6. The summed E-state index contributed by atoms with van der Waals surface area (Å²) >= 11 is 0. The van der Waals surface area contributed by atoms with Crippen molar-refractivity contribution in [1.29, 1.82) is 0 Å². The van der Waals surface area contributed by atoms with Gasteiger partial charge >= 0.3 is 0 Å². The van der Waals surface area contributed by atoms with E-state index in [1.54, 1.807) is 11.0 Å². The van der Waals surface area contributed by atoms with Crippen molar-refractivity contribution in [3.8, 4) is 0 Å². The molecule has 1 aliphatic heterocycles. The first-order valence-corrected chi connectivity index (χ1v) is 5.94. The monoisotopic (exact) mass is 261 g/mol. The number of ether oxygens (including phenoxy) is 1. The topological polar surface area (TPSA) is 64.9 Å². The average Bonchev–Trinajstić information content (AvgIpc) is 2.83. The van der Waals surface area contributed by atoms with E-state index in [0.717, 1.165) is 39.3 Å². The Bertz CT molecular complexity index is 276. The summed E-state index contributed by atoms with van der Waals surface area (Å²) in [6, 6.07) is 0. The first-order chi connectivity index (χ1) is 7.95. The number of nitrogens with one attached hydrogen (secondary N) is 1. The van der Waals surface area contributed by atoms with Gasteiger partial charge in [0.1, 0.15) is 6.33 Å². The molecule has 0 aliphatic carbocycles. The maximum absolute atomic E-state index is 5.65. The number of hydrogen-bond donors (Lipinski definition) is 1. The maximum Gasteiger partial charge on any atom is 0.138 e. The van der Waals surface area contributed by atoms with E-state index in [2.05, 4.69) is 20.8 Å². The van der Waals surface area contributed by atoms with Gasteiger partial charge in [0.25, 0.3) is 0 Å². The first kappa shape index (κ1) is 14.3. The molecule has 1 fully saturated rings. The van der Waals surface area contributed by atoms with E-state index >= 15 is 0 Å². The van der Waals surface area contributed by atoms with E-state index in [1.807, 2.05) is 0 Å². The molecule has 0 radical (unpaired) electrons. The van der Waals surface area contributed by atoms with Gasteiger partial charge in [-0.1, -0.05) is 0 Å². The van der Waals surface area contributed by atoms with Crippen LogP contribution in [-0.2, 0) is 11.3 Å². The van der Waals surface area contributed by atoms with Crippen LogP contribution in [0, 0.1) is 5.92 Å². The van der Waals surface area contributed by atoms with E-state index in [0.29, 0.717) is 5.92 Å². The number of halogens is 1. The zero-order chi connectivity index (χ0) is 11.1. The van der Waals surface area contributed by atoms with Gasteiger partial charge in [0.05, 0.1) is 6.61 Å². The smallest absolute Gasteiger partial charge is 0.138 e. The molecule has 6 nitrogen and oxygen atoms in total. The van der Waals surface area contributed by atoms with Crippen LogP contribution in [0.2, 0.25) is 0 Å². The average molecular weight is 262 g/mol. The second-order valence-electron chi connectivity index (χ2n) is 4.21. The van der Waals surface area contributed by atoms with Gasteiger partial charge in [-0.2, -0.15) is 0 Å². The zero-order valence-corrected chi connectivity index (χ0v) is 10.7. The van der Waals surface area contributed by atoms with E-state index in [1.165, 1.54) is 12.8 Å². The quantitative estimate of drug-likeness (QED) is 0.756. The molecule has 1 aliphatic rings. The van der Waals surface area contributed by atoms with Crippen LogP contribution in [0.5, 0.6) is 0 Å². The van der Waals surface area contributed by atoms with E-state index < -0.39 is 0 Å². The molecule has 2 heterocycles. The lowest BCUT2D eigenvalue weighted by Gasteiger charge is -2.22. The summed E-state index contributed by atoms with van der Waals surface area (Å²) in [4.78, 5) is 0. The van der Waals surface area contributed by atoms with Gasteiger partial charge in [-0.3, -0.25) is 0 Å². The molecule has 0 aromatic carbocycles. The molecule has 0 bridgehead atoms. The zero-order valence-electron chi connectivity index (χ0n) is 9.92. The van der Waals surface area contributed by atoms with E-state index in [-0.39, 0.29) is 12.4 Å². The number of nitrogens with zero attached hydrogens (tertiary/aromatic N) is 4. The Morgan fingerprint density at radius 3 is 3.12 bits per heavy atom. The molecule has 7 heteroatoms. The molecular weight excluding hydrogens is 242 g/mol. The third-order valence-electron chi connectivity index (χ3n) is 2.82. The van der Waals surface area contributed by atoms with Crippen molar-refractivity contribution in [2.45, 2.75) is 25.8 Å². The van der Waals surface area contributed by atoms with E-state index in [9.17, 15) is 0 Å². The summed E-state index contributed by atoms with van der Waals surface area (Å²) in [5.74, 6) is 0.696. The molecule has 1 aromatic heterocycles. The second-order valence-corrected chi connectivity index (χ2v) is 4.21. The van der Waals surface area contributed by atoms with Gasteiger partial charge < -0.3 is 10.1 Å². The van der Waals surface area contributed by atoms with Crippen molar-refractivity contribution in [2.75, 3.05) is 26.3 Å². The van der Waals surface area contributed by atoms with Gasteiger partial charge in [0.15, 0.2) is 0 Å². The normalized spacial score (nSPS) is 19.9. The Morgan fingerprint density at radius 1 is 1.47 bits per heavy atom. The Labute approximate surface area is 108 Å². The molecule has 2 rings (SSSR count). The molecular formula is C10H20ClN5O. The van der Waals surface area contributed by atoms with Gasteiger partial charge in [-0.15, -0.1) is 17.5 Å². The summed E-state index contributed by atoms with van der Waals surface area (Å²) in [5.41, 5.74) is 0. The molecule has 1 saturated heterocycles. The van der Waals surface area contributed by atoms with Crippen molar-refractivity contribution in [1.82, 2.24) is 25.5 Å². The van der Waals surface area contributed by atoms with E-state index in [4.69, 9.17) is 4.74 Å². The second kappa shape index (κ2) is 8.38. The molecule has 0 saturated carbocycles. The summed E-state index contributed by atoms with van der Waals surface area (Å²) in [6.07, 6.45) is 5.16. The third-order valence-corrected chi connectivity index (χ3v) is 2.82. The number of aryl methyl sites for hydroxylation is 1. The first-order valence-electron chi connectivity index (χ1n) is 5.94. The number of piperidine rings is 1. The highest BCUT2D eigenvalue weighted by Gasteiger charge is 2.12. The Balaban J connectivity index is 0.00000144. The Kier molecular flexibility index (Phi) is 7.07. The third kappa shape index (κ3) is 5.43. The van der Waals surface area contributed by atoms with Crippen LogP contribution in [-0.4, -0.2) is 46.5 Å². The number of hydrogen-bond acceptors (Lipinski definition) is 5. The molecule has 98 valence electrons. The van der Waals surface area contributed by atoms with Crippen LogP contribution in [0.25, 0.3) is 0 Å². The summed E-state index contributed by atoms with van der Waals surface area (Å²) in [7, 11) is 0. The summed E-state index contributed by atoms with van der Waals surface area (Å²) in [6.45, 7) is 4.76. The lowest BCUT2D eigenvalue weighted by molar-refractivity contribution is 0.0855. The molecule has 1 N–H and O–H groups in total. The van der Waals surface area contributed by atoms with Crippen molar-refractivity contribution in [3.63, 3.8) is 0 Å². The lowest BCUT2D eigenvalue weighted by atomic mass is 10.0. The Morgan fingerprint density at radius 2 is 2.41 bits per heavy atom. The van der Waals surface area contributed by atoms with Gasteiger partial charge in [-0.25, -0.2) is 4.68 Å². The van der Waals surface area contributed by atoms with Crippen LogP contribution >= 0.6 is 12.4 Å². The van der Waals surface area contributed by atoms with Crippen LogP contribution < -0.4 is 5.32 Å². The van der Waals surface area contributed by atoms with Crippen LogP contribution in [0.3, 0.4) is 0 Å². The van der Waals surface area contributed by atoms with Gasteiger partial charge in [0.2, 0.25) is 0 Å². The van der Waals surface area contributed by atoms with Gasteiger partial charge in [0, 0.05) is 19.7 Å². The highest BCUT2D eigenvalue weighted by atomic mass is 35.5. The summed E-state index contributed by atoms with van der Waals surface area (Å²) < 4.78 is 7.38. The minimum Gasteiger partial charge on any atom is -0.381 e. The fourth-order valence-electron chi connectivity index (χ4n) is 1.93. The maximum atomic E-state index is 5.65. The SMILES string of the molecule is Cl.c1nnnn1CCCOC[C@H]1CCCNC1. The molecule has 1 atom stereocenters. The van der Waals surface area contributed by atoms with Crippen molar-refractivity contribution < 1.29 is 4.74 Å². The molecule has 1 aromatic rings. The fourth-order valence-corrected chi connectivity index (χ4v) is 1.93. The highest BCUT2D eigenvalue weighted by molar-refractivity contribution is 5.85. The highest BCUT2D eigenvalue weighted by Crippen LogP contribution is 2.09. The van der Waals surface area contributed by atoms with Crippen molar-refractivity contribution in [2.24, 2.45) is 5.92 Å². The van der Waals surface area contributed by atoms with Gasteiger partial charge in [-0.05, 0) is 42.2 Å². The Hall–Kier alpha value is -0.720. The van der Waals surface area contributed by atoms with Crippen LogP contribution in [0.15, 0.2) is 6.33 Å². The fraction of sp³-hybridized carbons (Fsp3) is 0.900. The largest absolute Gasteiger partial charge is 0.381 e. The molecule has 0 spiro atoms. The predicted octanol–water partition coefficient (Wildman–Crippen LogP) is 0.501. The lowest BCUT2D eigenvalue weighted by Crippen LogP contribution is -2.32. The number of tetrazole rings is 1. The van der Waals surface area contributed by atoms with Crippen LogP contribution in [0.4, 0.5) is 0 Å². The molecule has 17 heavy (non-hydrogen) atoms.